The van der Waals surface area contributed by atoms with Crippen molar-refractivity contribution in [2.75, 3.05) is 13.2 Å². The lowest BCUT2D eigenvalue weighted by Gasteiger charge is -2.25. The normalized spacial score (nSPS) is 18.9. The van der Waals surface area contributed by atoms with Crippen LogP contribution in [0.5, 0.6) is 0 Å². The summed E-state index contributed by atoms with van der Waals surface area (Å²) in [6.07, 6.45) is 2.68. The monoisotopic (exact) mass is 394 g/mol. The van der Waals surface area contributed by atoms with Crippen molar-refractivity contribution < 1.29 is 14.1 Å². The lowest BCUT2D eigenvalue weighted by molar-refractivity contribution is -0.131. The number of hydrogen-bond donors (Lipinski definition) is 0. The Morgan fingerprint density at radius 1 is 1.28 bits per heavy atom. The first kappa shape index (κ1) is 18.1. The van der Waals surface area contributed by atoms with Crippen LogP contribution >= 0.6 is 0 Å². The SMILES string of the molecule is O=C(Cc1noc2ccccc12)N1CCCC1Cn1nc2c(cc1=O)COCC2. The van der Waals surface area contributed by atoms with Crippen LogP contribution in [-0.4, -0.2) is 44.9 Å². The van der Waals surface area contributed by atoms with Crippen molar-refractivity contribution in [1.82, 2.24) is 19.8 Å². The Hall–Kier alpha value is -3.00. The minimum Gasteiger partial charge on any atom is -0.376 e. The van der Waals surface area contributed by atoms with Crippen molar-refractivity contribution >= 4 is 16.9 Å². The van der Waals surface area contributed by atoms with Gasteiger partial charge in [0.25, 0.3) is 5.56 Å². The number of fused-ring (bicyclic) bond motifs is 2. The van der Waals surface area contributed by atoms with Crippen molar-refractivity contribution in [3.05, 3.63) is 57.6 Å². The van der Waals surface area contributed by atoms with Crippen molar-refractivity contribution in [3.8, 4) is 0 Å². The van der Waals surface area contributed by atoms with Gasteiger partial charge in [0.1, 0.15) is 5.69 Å². The van der Waals surface area contributed by atoms with Gasteiger partial charge in [-0.25, -0.2) is 4.68 Å². The molecule has 0 spiro atoms. The number of hydrogen-bond acceptors (Lipinski definition) is 6. The van der Waals surface area contributed by atoms with Crippen LogP contribution in [0.25, 0.3) is 11.0 Å². The van der Waals surface area contributed by atoms with Crippen LogP contribution in [0.15, 0.2) is 39.6 Å². The van der Waals surface area contributed by atoms with Crippen LogP contribution in [0.1, 0.15) is 29.8 Å². The molecule has 0 saturated carbocycles. The molecule has 1 atom stereocenters. The van der Waals surface area contributed by atoms with Gasteiger partial charge in [-0.1, -0.05) is 17.3 Å². The molecule has 2 aliphatic heterocycles. The molecule has 150 valence electrons. The average Bonchev–Trinajstić information content (AvgIpc) is 3.36. The predicted octanol–water partition coefficient (Wildman–Crippen LogP) is 1.69. The molecule has 8 heteroatoms. The molecule has 1 amide bonds. The van der Waals surface area contributed by atoms with E-state index in [0.29, 0.717) is 44.0 Å². The molecule has 5 rings (SSSR count). The molecule has 1 unspecified atom stereocenters. The van der Waals surface area contributed by atoms with Crippen LogP contribution in [0.2, 0.25) is 0 Å². The number of carbonyl (C=O) groups excluding carboxylic acids is 1. The summed E-state index contributed by atoms with van der Waals surface area (Å²) in [6, 6.07) is 9.12. The number of likely N-dealkylation sites (tertiary alicyclic amines) is 1. The molecule has 4 heterocycles. The Morgan fingerprint density at radius 3 is 3.10 bits per heavy atom. The fourth-order valence-corrected chi connectivity index (χ4v) is 4.25. The molecule has 0 aliphatic carbocycles. The summed E-state index contributed by atoms with van der Waals surface area (Å²) >= 11 is 0. The smallest absolute Gasteiger partial charge is 0.267 e. The molecule has 1 aromatic carbocycles. The van der Waals surface area contributed by atoms with Gasteiger partial charge in [0.2, 0.25) is 5.91 Å². The topological polar surface area (TPSA) is 90.5 Å². The van der Waals surface area contributed by atoms with Gasteiger partial charge in [-0.15, -0.1) is 0 Å². The maximum Gasteiger partial charge on any atom is 0.267 e. The molecule has 8 nitrogen and oxygen atoms in total. The van der Waals surface area contributed by atoms with Crippen molar-refractivity contribution in [1.29, 1.82) is 0 Å². The van der Waals surface area contributed by atoms with Crippen LogP contribution < -0.4 is 5.56 Å². The number of aromatic nitrogens is 3. The maximum atomic E-state index is 13.0. The van der Waals surface area contributed by atoms with Gasteiger partial charge in [0.15, 0.2) is 5.58 Å². The molecule has 2 aliphatic rings. The molecule has 1 fully saturated rings. The van der Waals surface area contributed by atoms with Crippen molar-refractivity contribution in [2.24, 2.45) is 0 Å². The number of rotatable bonds is 4. The number of nitrogens with zero attached hydrogens (tertiary/aromatic N) is 4. The van der Waals surface area contributed by atoms with Crippen molar-refractivity contribution in [2.45, 2.75) is 44.9 Å². The summed E-state index contributed by atoms with van der Waals surface area (Å²) < 4.78 is 12.2. The zero-order chi connectivity index (χ0) is 19.8. The third kappa shape index (κ3) is 3.44. The lowest BCUT2D eigenvalue weighted by atomic mass is 10.1. The Morgan fingerprint density at radius 2 is 2.17 bits per heavy atom. The molecule has 1 saturated heterocycles. The second kappa shape index (κ2) is 7.44. The van der Waals surface area contributed by atoms with Crippen LogP contribution in [0, 0.1) is 0 Å². The van der Waals surface area contributed by atoms with Crippen molar-refractivity contribution in [3.63, 3.8) is 0 Å². The molecule has 0 radical (unpaired) electrons. The van der Waals surface area contributed by atoms with Gasteiger partial charge in [-0.05, 0) is 25.0 Å². The van der Waals surface area contributed by atoms with Gasteiger partial charge >= 0.3 is 0 Å². The molecule has 2 aromatic heterocycles. The second-order valence-corrected chi connectivity index (χ2v) is 7.62. The summed E-state index contributed by atoms with van der Waals surface area (Å²) in [5, 5.41) is 9.49. The average molecular weight is 394 g/mol. The van der Waals surface area contributed by atoms with E-state index in [-0.39, 0.29) is 23.9 Å². The van der Waals surface area contributed by atoms with E-state index in [1.54, 1.807) is 6.07 Å². The quantitative estimate of drug-likeness (QED) is 0.669. The van der Waals surface area contributed by atoms with E-state index in [1.165, 1.54) is 4.68 Å². The summed E-state index contributed by atoms with van der Waals surface area (Å²) in [5.41, 5.74) is 2.98. The fraction of sp³-hybridized carbons (Fsp3) is 0.429. The number of benzene rings is 1. The molecule has 3 aromatic rings. The zero-order valence-corrected chi connectivity index (χ0v) is 16.0. The summed E-state index contributed by atoms with van der Waals surface area (Å²) in [4.78, 5) is 27.3. The number of amides is 1. The van der Waals surface area contributed by atoms with E-state index in [2.05, 4.69) is 10.3 Å². The van der Waals surface area contributed by atoms with E-state index in [0.717, 1.165) is 29.5 Å². The standard InChI is InChI=1S/C21H22N4O4/c26-20(11-18-16-5-1-2-6-19(16)29-23-18)24-8-3-4-15(24)12-25-21(27)10-14-13-28-9-7-17(14)22-25/h1-2,5-6,10,15H,3-4,7-9,11-13H2. The minimum atomic E-state index is -0.143. The van der Waals surface area contributed by atoms with Gasteiger partial charge in [0, 0.05) is 30.0 Å². The van der Waals surface area contributed by atoms with Gasteiger partial charge in [0.05, 0.1) is 37.9 Å². The van der Waals surface area contributed by atoms with Crippen LogP contribution in [0.4, 0.5) is 0 Å². The summed E-state index contributed by atoms with van der Waals surface area (Å²) in [6.45, 7) is 2.17. The van der Waals surface area contributed by atoms with Gasteiger partial charge < -0.3 is 14.2 Å². The Labute approximate surface area is 167 Å². The molecular weight excluding hydrogens is 372 g/mol. The zero-order valence-electron chi connectivity index (χ0n) is 16.0. The van der Waals surface area contributed by atoms with E-state index in [4.69, 9.17) is 9.26 Å². The molecular formula is C21H22N4O4. The predicted molar refractivity (Wildman–Crippen MR) is 104 cm³/mol. The van der Waals surface area contributed by atoms with Crippen LogP contribution in [0.3, 0.4) is 0 Å². The summed E-state index contributed by atoms with van der Waals surface area (Å²) in [7, 11) is 0. The highest BCUT2D eigenvalue weighted by atomic mass is 16.5. The first-order valence-corrected chi connectivity index (χ1v) is 9.99. The Bertz CT molecular complexity index is 1120. The Kier molecular flexibility index (Phi) is 4.63. The van der Waals surface area contributed by atoms with Gasteiger partial charge in [-0.3, -0.25) is 9.59 Å². The third-order valence-electron chi connectivity index (χ3n) is 5.76. The first-order chi connectivity index (χ1) is 14.2. The van der Waals surface area contributed by atoms with Gasteiger partial charge in [-0.2, -0.15) is 5.10 Å². The van der Waals surface area contributed by atoms with E-state index < -0.39 is 0 Å². The number of para-hydroxylation sites is 1. The molecule has 0 bridgehead atoms. The molecule has 29 heavy (non-hydrogen) atoms. The summed E-state index contributed by atoms with van der Waals surface area (Å²) in [5.74, 6) is 0.00552. The largest absolute Gasteiger partial charge is 0.376 e. The first-order valence-electron chi connectivity index (χ1n) is 9.99. The second-order valence-electron chi connectivity index (χ2n) is 7.62. The lowest BCUT2D eigenvalue weighted by Crippen LogP contribution is -2.41. The third-order valence-corrected chi connectivity index (χ3v) is 5.76. The minimum absolute atomic E-state index is 0.00552. The Balaban J connectivity index is 1.34. The number of carbonyl (C=O) groups is 1. The van der Waals surface area contributed by atoms with Crippen LogP contribution in [-0.2, 0) is 35.5 Å². The fourth-order valence-electron chi connectivity index (χ4n) is 4.25. The number of ether oxygens (including phenoxy) is 1. The highest BCUT2D eigenvalue weighted by Crippen LogP contribution is 2.23. The molecule has 0 N–H and O–H groups in total. The van der Waals surface area contributed by atoms with E-state index >= 15 is 0 Å². The highest BCUT2D eigenvalue weighted by Gasteiger charge is 2.30. The maximum absolute atomic E-state index is 13.0. The highest BCUT2D eigenvalue weighted by molar-refractivity contribution is 5.86. The van der Waals surface area contributed by atoms with E-state index in [1.807, 2.05) is 29.2 Å². The van der Waals surface area contributed by atoms with E-state index in [9.17, 15) is 9.59 Å².